The van der Waals surface area contributed by atoms with Crippen molar-refractivity contribution in [1.82, 2.24) is 24.6 Å². The van der Waals surface area contributed by atoms with E-state index in [0.717, 1.165) is 19.6 Å². The van der Waals surface area contributed by atoms with E-state index in [2.05, 4.69) is 26.9 Å². The highest BCUT2D eigenvalue weighted by Crippen LogP contribution is 2.23. The Kier molecular flexibility index (Phi) is 3.38. The highest BCUT2D eigenvalue weighted by molar-refractivity contribution is 5.18. The first-order valence-corrected chi connectivity index (χ1v) is 6.94. The maximum absolute atomic E-state index is 4.34. The molecule has 0 aromatic carbocycles. The molecular weight excluding hydrogens is 238 g/mol. The first kappa shape index (κ1) is 12.4. The van der Waals surface area contributed by atoms with Crippen molar-refractivity contribution in [2.45, 2.75) is 32.2 Å². The van der Waals surface area contributed by atoms with Crippen LogP contribution in [0.2, 0.25) is 0 Å². The Hall–Kier alpha value is -1.62. The zero-order chi connectivity index (χ0) is 13.2. The van der Waals surface area contributed by atoms with Gasteiger partial charge in [0.15, 0.2) is 0 Å². The maximum Gasteiger partial charge on any atom is 0.0951 e. The quantitative estimate of drug-likeness (QED) is 0.907. The minimum atomic E-state index is 0.591. The minimum Gasteiger partial charge on any atom is -0.330 e. The fraction of sp³-hybridized carbons (Fsp3) is 0.571. The lowest BCUT2D eigenvalue weighted by Crippen LogP contribution is -2.29. The molecule has 0 amide bonds. The molecule has 2 aromatic rings. The summed E-state index contributed by atoms with van der Waals surface area (Å²) >= 11 is 0. The predicted molar refractivity (Wildman–Crippen MR) is 74.1 cm³/mol. The van der Waals surface area contributed by atoms with Crippen molar-refractivity contribution in [2.24, 2.45) is 7.05 Å². The monoisotopic (exact) mass is 259 g/mol. The van der Waals surface area contributed by atoms with E-state index in [1.165, 1.54) is 29.8 Å². The van der Waals surface area contributed by atoms with Crippen LogP contribution in [0.3, 0.4) is 0 Å². The van der Waals surface area contributed by atoms with Crippen LogP contribution in [0.4, 0.5) is 0 Å². The van der Waals surface area contributed by atoms with Crippen molar-refractivity contribution in [2.75, 3.05) is 13.1 Å². The van der Waals surface area contributed by atoms with Crippen LogP contribution < -0.4 is 5.32 Å². The van der Waals surface area contributed by atoms with E-state index in [-0.39, 0.29) is 0 Å². The van der Waals surface area contributed by atoms with E-state index >= 15 is 0 Å². The van der Waals surface area contributed by atoms with Crippen LogP contribution in [0.5, 0.6) is 0 Å². The zero-order valence-corrected chi connectivity index (χ0v) is 11.6. The minimum absolute atomic E-state index is 0.591. The molecule has 1 aliphatic rings. The molecule has 5 nitrogen and oxygen atoms in total. The van der Waals surface area contributed by atoms with Gasteiger partial charge >= 0.3 is 0 Å². The number of nitrogens with zero attached hydrogens (tertiary/aromatic N) is 4. The molecule has 2 aromatic heterocycles. The van der Waals surface area contributed by atoms with Gasteiger partial charge in [-0.05, 0) is 26.3 Å². The van der Waals surface area contributed by atoms with Crippen LogP contribution in [0.25, 0.3) is 0 Å². The summed E-state index contributed by atoms with van der Waals surface area (Å²) in [5.41, 5.74) is 3.84. The number of nitrogens with one attached hydrogen (secondary N) is 1. The summed E-state index contributed by atoms with van der Waals surface area (Å²) in [6.45, 7) is 5.19. The molecule has 3 heterocycles. The van der Waals surface area contributed by atoms with Crippen LogP contribution in [0, 0.1) is 6.92 Å². The summed E-state index contributed by atoms with van der Waals surface area (Å²) in [6, 6.07) is 0. The van der Waals surface area contributed by atoms with Crippen LogP contribution in [-0.4, -0.2) is 32.4 Å². The standard InChI is InChI=1S/C14H21N5/c1-11-13(7-17-18(11)2)9-19-10-16-8-14(19)12-4-3-5-15-6-12/h7-8,10,12,15H,3-6,9H2,1-2H3. The maximum atomic E-state index is 4.34. The van der Waals surface area contributed by atoms with Crippen molar-refractivity contribution in [3.8, 4) is 0 Å². The van der Waals surface area contributed by atoms with Crippen LogP contribution in [0.15, 0.2) is 18.7 Å². The third-order valence-electron chi connectivity index (χ3n) is 4.14. The number of piperidine rings is 1. The first-order chi connectivity index (χ1) is 9.25. The van der Waals surface area contributed by atoms with Crippen molar-refractivity contribution in [3.63, 3.8) is 0 Å². The van der Waals surface area contributed by atoms with Gasteiger partial charge in [0.2, 0.25) is 0 Å². The lowest BCUT2D eigenvalue weighted by molar-refractivity contribution is 0.444. The average molecular weight is 259 g/mol. The third kappa shape index (κ3) is 2.42. The number of hydrogen-bond acceptors (Lipinski definition) is 3. The van der Waals surface area contributed by atoms with Gasteiger partial charge in [-0.25, -0.2) is 4.98 Å². The number of aryl methyl sites for hydroxylation is 1. The van der Waals surface area contributed by atoms with Gasteiger partial charge in [-0.3, -0.25) is 4.68 Å². The number of imidazole rings is 1. The molecule has 1 N–H and O–H groups in total. The molecule has 1 saturated heterocycles. The fourth-order valence-electron chi connectivity index (χ4n) is 2.79. The van der Waals surface area contributed by atoms with Gasteiger partial charge in [-0.1, -0.05) is 0 Å². The van der Waals surface area contributed by atoms with E-state index in [4.69, 9.17) is 0 Å². The van der Waals surface area contributed by atoms with E-state index in [9.17, 15) is 0 Å². The molecule has 0 radical (unpaired) electrons. The summed E-state index contributed by atoms with van der Waals surface area (Å²) in [5.74, 6) is 0.591. The normalized spacial score (nSPS) is 19.8. The molecule has 19 heavy (non-hydrogen) atoms. The molecule has 1 fully saturated rings. The average Bonchev–Trinajstić information content (AvgIpc) is 3.02. The molecule has 1 atom stereocenters. The van der Waals surface area contributed by atoms with Gasteiger partial charge in [-0.2, -0.15) is 5.10 Å². The second-order valence-corrected chi connectivity index (χ2v) is 5.37. The van der Waals surface area contributed by atoms with Gasteiger partial charge in [0.05, 0.1) is 19.1 Å². The lowest BCUT2D eigenvalue weighted by Gasteiger charge is -2.23. The molecule has 0 saturated carbocycles. The molecule has 3 rings (SSSR count). The van der Waals surface area contributed by atoms with E-state index in [1.807, 2.05) is 30.5 Å². The van der Waals surface area contributed by atoms with E-state index in [1.54, 1.807) is 0 Å². The van der Waals surface area contributed by atoms with Crippen LogP contribution in [0.1, 0.15) is 35.7 Å². The Morgan fingerprint density at radius 2 is 2.32 bits per heavy atom. The van der Waals surface area contributed by atoms with E-state index in [0.29, 0.717) is 5.92 Å². The Morgan fingerprint density at radius 3 is 3.00 bits per heavy atom. The largest absolute Gasteiger partial charge is 0.330 e. The Bertz CT molecular complexity index is 548. The summed E-state index contributed by atoms with van der Waals surface area (Å²) in [5, 5.41) is 7.78. The van der Waals surface area contributed by atoms with Crippen LogP contribution in [-0.2, 0) is 13.6 Å². The fourth-order valence-corrected chi connectivity index (χ4v) is 2.79. The van der Waals surface area contributed by atoms with Crippen molar-refractivity contribution in [1.29, 1.82) is 0 Å². The zero-order valence-electron chi connectivity index (χ0n) is 11.6. The molecular formula is C14H21N5. The van der Waals surface area contributed by atoms with Gasteiger partial charge < -0.3 is 9.88 Å². The second-order valence-electron chi connectivity index (χ2n) is 5.37. The van der Waals surface area contributed by atoms with Gasteiger partial charge in [-0.15, -0.1) is 0 Å². The van der Waals surface area contributed by atoms with Gasteiger partial charge in [0.1, 0.15) is 0 Å². The molecule has 0 aliphatic carbocycles. The molecule has 0 bridgehead atoms. The smallest absolute Gasteiger partial charge is 0.0951 e. The summed E-state index contributed by atoms with van der Waals surface area (Å²) in [7, 11) is 1.98. The molecule has 1 unspecified atom stereocenters. The summed E-state index contributed by atoms with van der Waals surface area (Å²) in [4.78, 5) is 4.34. The number of aromatic nitrogens is 4. The second kappa shape index (κ2) is 5.17. The summed E-state index contributed by atoms with van der Waals surface area (Å²) < 4.78 is 4.19. The number of rotatable bonds is 3. The molecule has 102 valence electrons. The predicted octanol–water partition coefficient (Wildman–Crippen LogP) is 1.44. The van der Waals surface area contributed by atoms with Gasteiger partial charge in [0.25, 0.3) is 0 Å². The molecule has 5 heteroatoms. The van der Waals surface area contributed by atoms with Gasteiger partial charge in [0, 0.05) is 42.7 Å². The highest BCUT2D eigenvalue weighted by Gasteiger charge is 2.19. The van der Waals surface area contributed by atoms with Crippen molar-refractivity contribution >= 4 is 0 Å². The Labute approximate surface area is 113 Å². The summed E-state index contributed by atoms with van der Waals surface area (Å²) in [6.07, 6.45) is 8.42. The highest BCUT2D eigenvalue weighted by atomic mass is 15.3. The SMILES string of the molecule is Cc1c(Cn2cncc2C2CCCNC2)cnn1C. The van der Waals surface area contributed by atoms with Crippen molar-refractivity contribution in [3.05, 3.63) is 35.7 Å². The lowest BCUT2D eigenvalue weighted by atomic mass is 9.96. The van der Waals surface area contributed by atoms with Crippen LogP contribution >= 0.6 is 0 Å². The third-order valence-corrected chi connectivity index (χ3v) is 4.14. The molecule has 0 spiro atoms. The topological polar surface area (TPSA) is 47.7 Å². The van der Waals surface area contributed by atoms with Crippen molar-refractivity contribution < 1.29 is 0 Å². The molecule has 1 aliphatic heterocycles. The number of hydrogen-bond donors (Lipinski definition) is 1. The first-order valence-electron chi connectivity index (χ1n) is 6.94. The Morgan fingerprint density at radius 1 is 1.42 bits per heavy atom. The Balaban J connectivity index is 1.82. The van der Waals surface area contributed by atoms with E-state index < -0.39 is 0 Å².